The molecule has 2 N–H and O–H groups in total. The fourth-order valence-corrected chi connectivity index (χ4v) is 3.43. The minimum absolute atomic E-state index is 0.0693. The molecule has 0 spiro atoms. The number of hydrogen-bond donors (Lipinski definition) is 2. The number of nitrogens with one attached hydrogen (secondary N) is 2. The van der Waals surface area contributed by atoms with Gasteiger partial charge in [-0.15, -0.1) is 0 Å². The van der Waals surface area contributed by atoms with E-state index in [0.717, 1.165) is 15.8 Å². The van der Waals surface area contributed by atoms with E-state index in [1.807, 2.05) is 18.2 Å². The molecule has 1 aromatic heterocycles. The van der Waals surface area contributed by atoms with Crippen LogP contribution in [0.25, 0.3) is 10.2 Å². The van der Waals surface area contributed by atoms with Crippen LogP contribution in [-0.2, 0) is 16.0 Å². The molecule has 0 saturated heterocycles. The van der Waals surface area contributed by atoms with Gasteiger partial charge in [-0.3, -0.25) is 9.59 Å². The Kier molecular flexibility index (Phi) is 5.31. The summed E-state index contributed by atoms with van der Waals surface area (Å²) in [4.78, 5) is 28.0. The lowest BCUT2D eigenvalue weighted by Gasteiger charge is -2.05. The van der Waals surface area contributed by atoms with Crippen LogP contribution in [0.1, 0.15) is 18.9 Å². The van der Waals surface area contributed by atoms with Gasteiger partial charge in [0.25, 0.3) is 0 Å². The second kappa shape index (κ2) is 7.63. The highest BCUT2D eigenvalue weighted by atomic mass is 35.5. The van der Waals surface area contributed by atoms with Gasteiger partial charge in [0.1, 0.15) is 0 Å². The van der Waals surface area contributed by atoms with Gasteiger partial charge in [0.2, 0.25) is 11.8 Å². The van der Waals surface area contributed by atoms with Crippen molar-refractivity contribution in [3.63, 3.8) is 0 Å². The molecule has 25 heavy (non-hydrogen) atoms. The van der Waals surface area contributed by atoms with Crippen molar-refractivity contribution in [1.29, 1.82) is 0 Å². The average Bonchev–Trinajstić information content (AvgIpc) is 2.96. The molecular formula is C18H16ClN3O2S. The minimum atomic E-state index is -0.120. The first-order valence-corrected chi connectivity index (χ1v) is 8.97. The Morgan fingerprint density at radius 1 is 1.12 bits per heavy atom. The molecule has 3 aromatic rings. The summed E-state index contributed by atoms with van der Waals surface area (Å²) in [7, 11) is 0. The molecule has 0 unspecified atom stereocenters. The molecule has 128 valence electrons. The van der Waals surface area contributed by atoms with Crippen LogP contribution in [0.3, 0.4) is 0 Å². The zero-order chi connectivity index (χ0) is 17.8. The first-order valence-electron chi connectivity index (χ1n) is 7.78. The Morgan fingerprint density at radius 3 is 2.72 bits per heavy atom. The van der Waals surface area contributed by atoms with E-state index >= 15 is 0 Å². The molecule has 2 aromatic carbocycles. The summed E-state index contributed by atoms with van der Waals surface area (Å²) in [6.07, 6.45) is 0.655. The molecule has 5 nitrogen and oxygen atoms in total. The molecular weight excluding hydrogens is 358 g/mol. The lowest BCUT2D eigenvalue weighted by molar-refractivity contribution is -0.116. The topological polar surface area (TPSA) is 71.1 Å². The number of carbonyl (C=O) groups is 2. The standard InChI is InChI=1S/C18H16ClN3O2S/c1-2-16(23)22-18-21-14-7-6-11(8-15(14)25-18)9-17(24)20-13-5-3-4-12(19)10-13/h3-8,10H,2,9H2,1H3,(H,20,24)(H,21,22,23). The maximum atomic E-state index is 12.2. The molecule has 7 heteroatoms. The predicted molar refractivity (Wildman–Crippen MR) is 102 cm³/mol. The lowest BCUT2D eigenvalue weighted by atomic mass is 10.1. The first kappa shape index (κ1) is 17.4. The molecule has 0 bridgehead atoms. The number of anilines is 2. The third kappa shape index (κ3) is 4.55. The van der Waals surface area contributed by atoms with Gasteiger partial charge in [-0.1, -0.05) is 42.0 Å². The lowest BCUT2D eigenvalue weighted by Crippen LogP contribution is -2.14. The van der Waals surface area contributed by atoms with E-state index in [1.165, 1.54) is 11.3 Å². The van der Waals surface area contributed by atoms with Crippen molar-refractivity contribution in [3.05, 3.63) is 53.1 Å². The Bertz CT molecular complexity index is 939. The molecule has 1 heterocycles. The third-order valence-electron chi connectivity index (χ3n) is 3.49. The molecule has 0 fully saturated rings. The summed E-state index contributed by atoms with van der Waals surface area (Å²) in [6, 6.07) is 12.7. The summed E-state index contributed by atoms with van der Waals surface area (Å²) in [5.41, 5.74) is 2.35. The third-order valence-corrected chi connectivity index (χ3v) is 4.66. The zero-order valence-electron chi connectivity index (χ0n) is 13.5. The molecule has 0 aliphatic carbocycles. The fraction of sp³-hybridized carbons (Fsp3) is 0.167. The number of carbonyl (C=O) groups excluding carboxylic acids is 2. The van der Waals surface area contributed by atoms with Crippen LogP contribution in [0, 0.1) is 0 Å². The first-order chi connectivity index (χ1) is 12.0. The highest BCUT2D eigenvalue weighted by molar-refractivity contribution is 7.22. The Balaban J connectivity index is 1.70. The van der Waals surface area contributed by atoms with Gasteiger partial charge in [-0.2, -0.15) is 0 Å². The summed E-state index contributed by atoms with van der Waals surface area (Å²) in [6.45, 7) is 1.79. The van der Waals surface area contributed by atoms with Crippen molar-refractivity contribution < 1.29 is 9.59 Å². The van der Waals surface area contributed by atoms with E-state index in [9.17, 15) is 9.59 Å². The van der Waals surface area contributed by atoms with Crippen molar-refractivity contribution in [1.82, 2.24) is 4.98 Å². The number of hydrogen-bond acceptors (Lipinski definition) is 4. The van der Waals surface area contributed by atoms with Crippen LogP contribution in [0.2, 0.25) is 5.02 Å². The van der Waals surface area contributed by atoms with Crippen LogP contribution < -0.4 is 10.6 Å². The number of fused-ring (bicyclic) bond motifs is 1. The van der Waals surface area contributed by atoms with Gasteiger partial charge in [-0.05, 0) is 35.9 Å². The van der Waals surface area contributed by atoms with E-state index in [-0.39, 0.29) is 18.2 Å². The Labute approximate surface area is 154 Å². The summed E-state index contributed by atoms with van der Waals surface area (Å²) < 4.78 is 0.930. The van der Waals surface area contributed by atoms with Crippen molar-refractivity contribution in [2.24, 2.45) is 0 Å². The smallest absolute Gasteiger partial charge is 0.228 e. The largest absolute Gasteiger partial charge is 0.326 e. The normalized spacial score (nSPS) is 10.6. The summed E-state index contributed by atoms with van der Waals surface area (Å²) in [5, 5.41) is 6.73. The molecule has 0 atom stereocenters. The highest BCUT2D eigenvalue weighted by Gasteiger charge is 2.09. The summed E-state index contributed by atoms with van der Waals surface area (Å²) in [5.74, 6) is -0.189. The fourth-order valence-electron chi connectivity index (χ4n) is 2.30. The van der Waals surface area contributed by atoms with Crippen molar-refractivity contribution in [2.75, 3.05) is 10.6 Å². The number of halogens is 1. The van der Waals surface area contributed by atoms with E-state index in [0.29, 0.717) is 22.3 Å². The monoisotopic (exact) mass is 373 g/mol. The maximum Gasteiger partial charge on any atom is 0.228 e. The minimum Gasteiger partial charge on any atom is -0.326 e. The number of thiazole rings is 1. The van der Waals surface area contributed by atoms with E-state index < -0.39 is 0 Å². The van der Waals surface area contributed by atoms with Crippen molar-refractivity contribution >= 4 is 55.8 Å². The average molecular weight is 374 g/mol. The number of benzene rings is 2. The Hall–Kier alpha value is -2.44. The van der Waals surface area contributed by atoms with Crippen LogP contribution in [0.15, 0.2) is 42.5 Å². The number of aromatic nitrogens is 1. The number of nitrogens with zero attached hydrogens (tertiary/aromatic N) is 1. The second-order valence-electron chi connectivity index (χ2n) is 5.46. The van der Waals surface area contributed by atoms with E-state index in [1.54, 1.807) is 31.2 Å². The van der Waals surface area contributed by atoms with E-state index in [4.69, 9.17) is 11.6 Å². The predicted octanol–water partition coefficient (Wildman–Crippen LogP) is 4.48. The van der Waals surface area contributed by atoms with Gasteiger partial charge >= 0.3 is 0 Å². The summed E-state index contributed by atoms with van der Waals surface area (Å²) >= 11 is 7.31. The SMILES string of the molecule is CCC(=O)Nc1nc2ccc(CC(=O)Nc3cccc(Cl)c3)cc2s1. The zero-order valence-corrected chi connectivity index (χ0v) is 15.1. The quantitative estimate of drug-likeness (QED) is 0.692. The second-order valence-corrected chi connectivity index (χ2v) is 6.93. The van der Waals surface area contributed by atoms with Gasteiger partial charge in [0.15, 0.2) is 5.13 Å². The highest BCUT2D eigenvalue weighted by Crippen LogP contribution is 2.27. The van der Waals surface area contributed by atoms with Crippen LogP contribution in [0.4, 0.5) is 10.8 Å². The van der Waals surface area contributed by atoms with Gasteiger partial charge < -0.3 is 10.6 Å². The molecule has 0 aliphatic heterocycles. The van der Waals surface area contributed by atoms with Crippen molar-refractivity contribution in [2.45, 2.75) is 19.8 Å². The Morgan fingerprint density at radius 2 is 1.96 bits per heavy atom. The molecule has 0 aliphatic rings. The number of rotatable bonds is 5. The van der Waals surface area contributed by atoms with Gasteiger partial charge in [0, 0.05) is 17.1 Å². The van der Waals surface area contributed by atoms with Gasteiger partial charge in [0.05, 0.1) is 16.6 Å². The van der Waals surface area contributed by atoms with Gasteiger partial charge in [-0.25, -0.2) is 4.98 Å². The maximum absolute atomic E-state index is 12.2. The van der Waals surface area contributed by atoms with Crippen molar-refractivity contribution in [3.8, 4) is 0 Å². The van der Waals surface area contributed by atoms with Crippen LogP contribution in [-0.4, -0.2) is 16.8 Å². The molecule has 2 amide bonds. The van der Waals surface area contributed by atoms with Crippen LogP contribution in [0.5, 0.6) is 0 Å². The van der Waals surface area contributed by atoms with Crippen LogP contribution >= 0.6 is 22.9 Å². The molecule has 0 saturated carbocycles. The number of amides is 2. The molecule has 3 rings (SSSR count). The molecule has 0 radical (unpaired) electrons. The van der Waals surface area contributed by atoms with E-state index in [2.05, 4.69) is 15.6 Å².